The minimum Gasteiger partial charge on any atom is -0.495 e. The van der Waals surface area contributed by atoms with Crippen LogP contribution >= 0.6 is 0 Å². The topological polar surface area (TPSA) is 144 Å². The van der Waals surface area contributed by atoms with Crippen molar-refractivity contribution in [3.8, 4) is 5.75 Å². The Balaban J connectivity index is 1.21. The number of likely N-dealkylation sites (tertiary alicyclic amines) is 1. The minimum absolute atomic E-state index is 0.100. The zero-order chi connectivity index (χ0) is 35.2. The van der Waals surface area contributed by atoms with Crippen LogP contribution in [0.3, 0.4) is 0 Å². The number of carboxylic acids is 1. The fraction of sp³-hybridized carbons (Fsp3) is 0.405. The lowest BCUT2D eigenvalue weighted by Gasteiger charge is -2.36. The number of anilines is 3. The van der Waals surface area contributed by atoms with Crippen molar-refractivity contribution in [3.63, 3.8) is 0 Å². The molecule has 3 aromatic rings. The molecule has 0 spiro atoms. The summed E-state index contributed by atoms with van der Waals surface area (Å²) in [5.74, 6) is -0.379. The number of para-hydroxylation sites is 2. The molecule has 12 nitrogen and oxygen atoms in total. The van der Waals surface area contributed by atoms with E-state index in [1.165, 1.54) is 7.11 Å². The number of hydrogen-bond acceptors (Lipinski definition) is 6. The van der Waals surface area contributed by atoms with Gasteiger partial charge in [-0.05, 0) is 73.6 Å². The number of carboxylic acid groups (broad SMARTS) is 1. The molecule has 0 radical (unpaired) electrons. The first-order valence-corrected chi connectivity index (χ1v) is 16.7. The predicted molar refractivity (Wildman–Crippen MR) is 191 cm³/mol. The molecule has 49 heavy (non-hydrogen) atoms. The second-order valence-corrected chi connectivity index (χ2v) is 12.4. The number of carbonyl (C=O) groups excluding carboxylic acids is 3. The summed E-state index contributed by atoms with van der Waals surface area (Å²) in [5.41, 5.74) is 3.97. The van der Waals surface area contributed by atoms with E-state index >= 15 is 0 Å². The molecular weight excluding hydrogens is 624 g/mol. The van der Waals surface area contributed by atoms with Gasteiger partial charge in [0.1, 0.15) is 5.75 Å². The molecule has 0 aromatic heterocycles. The summed E-state index contributed by atoms with van der Waals surface area (Å²) in [7, 11) is 3.51. The van der Waals surface area contributed by atoms with Crippen molar-refractivity contribution in [2.75, 3.05) is 69.0 Å². The van der Waals surface area contributed by atoms with Gasteiger partial charge in [-0.2, -0.15) is 0 Å². The van der Waals surface area contributed by atoms with Crippen LogP contribution in [0.2, 0.25) is 0 Å². The molecule has 0 unspecified atom stereocenters. The third-order valence-electron chi connectivity index (χ3n) is 8.73. The molecule has 0 bridgehead atoms. The average Bonchev–Trinajstić information content (AvgIpc) is 3.10. The van der Waals surface area contributed by atoms with Crippen molar-refractivity contribution in [2.45, 2.75) is 39.0 Å². The smallest absolute Gasteiger partial charge is 0.323 e. The Bertz CT molecular complexity index is 1560. The first kappa shape index (κ1) is 36.6. The highest BCUT2D eigenvalue weighted by Gasteiger charge is 2.27. The number of rotatable bonds is 15. The van der Waals surface area contributed by atoms with Crippen LogP contribution in [0.25, 0.3) is 0 Å². The van der Waals surface area contributed by atoms with Crippen molar-refractivity contribution in [1.82, 2.24) is 15.1 Å². The zero-order valence-corrected chi connectivity index (χ0v) is 28.6. The number of urea groups is 2. The number of amides is 5. The molecule has 4 N–H and O–H groups in total. The number of piperidine rings is 1. The van der Waals surface area contributed by atoms with Crippen molar-refractivity contribution < 1.29 is 29.0 Å². The van der Waals surface area contributed by atoms with Gasteiger partial charge in [-0.25, -0.2) is 9.59 Å². The van der Waals surface area contributed by atoms with Crippen LogP contribution < -0.4 is 25.6 Å². The number of aliphatic carboxylic acids is 1. The van der Waals surface area contributed by atoms with Gasteiger partial charge in [0.25, 0.3) is 0 Å². The highest BCUT2D eigenvalue weighted by atomic mass is 16.5. The van der Waals surface area contributed by atoms with Gasteiger partial charge in [-0.1, -0.05) is 42.5 Å². The van der Waals surface area contributed by atoms with E-state index in [1.54, 1.807) is 28.0 Å². The van der Waals surface area contributed by atoms with E-state index in [1.807, 2.05) is 68.6 Å². The SMILES string of the molecule is COc1cc(CC(=O)NCC2CCN(C(=O)N(CCCN(C)c3ccccc3)CCC(=O)O)CC2)ccc1NC(=O)Nc1ccccc1C. The third-order valence-corrected chi connectivity index (χ3v) is 8.73. The zero-order valence-electron chi connectivity index (χ0n) is 28.6. The molecule has 1 fully saturated rings. The van der Waals surface area contributed by atoms with Gasteiger partial charge in [0.15, 0.2) is 0 Å². The fourth-order valence-corrected chi connectivity index (χ4v) is 5.82. The van der Waals surface area contributed by atoms with E-state index in [-0.39, 0.29) is 37.2 Å². The van der Waals surface area contributed by atoms with Gasteiger partial charge < -0.3 is 40.5 Å². The van der Waals surface area contributed by atoms with Crippen molar-refractivity contribution in [2.24, 2.45) is 5.92 Å². The van der Waals surface area contributed by atoms with Crippen molar-refractivity contribution in [3.05, 3.63) is 83.9 Å². The average molecular weight is 673 g/mol. The first-order chi connectivity index (χ1) is 23.6. The Labute approximate surface area is 288 Å². The molecule has 1 aliphatic heterocycles. The molecule has 3 aromatic carbocycles. The number of hydrogen-bond donors (Lipinski definition) is 4. The van der Waals surface area contributed by atoms with E-state index in [4.69, 9.17) is 4.74 Å². The van der Waals surface area contributed by atoms with Crippen LogP contribution in [0.1, 0.15) is 36.8 Å². The summed E-state index contributed by atoms with van der Waals surface area (Å²) in [6.07, 6.45) is 2.26. The van der Waals surface area contributed by atoms with Crippen LogP contribution in [0.5, 0.6) is 5.75 Å². The predicted octanol–water partition coefficient (Wildman–Crippen LogP) is 5.44. The maximum absolute atomic E-state index is 13.4. The Morgan fingerprint density at radius 3 is 2.29 bits per heavy atom. The molecule has 4 rings (SSSR count). The lowest BCUT2D eigenvalue weighted by molar-refractivity contribution is -0.137. The summed E-state index contributed by atoms with van der Waals surface area (Å²) in [6.45, 7) is 4.90. The normalized spacial score (nSPS) is 12.9. The molecule has 0 atom stereocenters. The van der Waals surface area contributed by atoms with Gasteiger partial charge >= 0.3 is 18.0 Å². The molecular formula is C37H48N6O6. The number of nitrogens with zero attached hydrogens (tertiary/aromatic N) is 3. The summed E-state index contributed by atoms with van der Waals surface area (Å²) in [4.78, 5) is 55.7. The standard InChI is InChI=1S/C37H48N6O6/c1-27-10-7-8-13-31(27)39-36(47)40-32-15-14-29(24-33(32)49-3)25-34(44)38-26-28-16-21-43(22-17-28)37(48)42(23-18-35(45)46)20-9-19-41(2)30-11-5-4-6-12-30/h4-8,10-15,24,28H,9,16-23,25-26H2,1-3H3,(H,38,44)(H,45,46)(H2,39,40,47). The largest absolute Gasteiger partial charge is 0.495 e. The molecule has 1 saturated heterocycles. The third kappa shape index (κ3) is 11.4. The lowest BCUT2D eigenvalue weighted by atomic mass is 9.97. The summed E-state index contributed by atoms with van der Waals surface area (Å²) in [6, 6.07) is 22.2. The molecule has 0 saturated carbocycles. The highest BCUT2D eigenvalue weighted by Crippen LogP contribution is 2.26. The number of benzene rings is 3. The monoisotopic (exact) mass is 672 g/mol. The van der Waals surface area contributed by atoms with Crippen molar-refractivity contribution in [1.29, 1.82) is 0 Å². The Kier molecular flexibility index (Phi) is 13.7. The summed E-state index contributed by atoms with van der Waals surface area (Å²) in [5, 5.41) is 17.9. The summed E-state index contributed by atoms with van der Waals surface area (Å²) >= 11 is 0. The Morgan fingerprint density at radius 2 is 1.59 bits per heavy atom. The second kappa shape index (κ2) is 18.3. The quantitative estimate of drug-likeness (QED) is 0.168. The molecule has 1 aliphatic rings. The first-order valence-electron chi connectivity index (χ1n) is 16.7. The van der Waals surface area contributed by atoms with Gasteiger partial charge in [-0.3, -0.25) is 9.59 Å². The van der Waals surface area contributed by atoms with Crippen LogP contribution in [0.15, 0.2) is 72.8 Å². The molecule has 12 heteroatoms. The van der Waals surface area contributed by atoms with E-state index in [2.05, 4.69) is 20.9 Å². The Morgan fingerprint density at radius 1 is 0.898 bits per heavy atom. The van der Waals surface area contributed by atoms with E-state index in [0.717, 1.165) is 36.2 Å². The van der Waals surface area contributed by atoms with Crippen LogP contribution in [0.4, 0.5) is 26.7 Å². The Hall–Kier alpha value is -5.26. The minimum atomic E-state index is -0.930. The molecule has 0 aliphatic carbocycles. The lowest BCUT2D eigenvalue weighted by Crippen LogP contribution is -2.49. The van der Waals surface area contributed by atoms with Crippen LogP contribution in [-0.4, -0.2) is 92.3 Å². The van der Waals surface area contributed by atoms with Gasteiger partial charge in [0.2, 0.25) is 5.91 Å². The fourth-order valence-electron chi connectivity index (χ4n) is 5.82. The van der Waals surface area contributed by atoms with Gasteiger partial charge in [0.05, 0.1) is 25.6 Å². The number of carbonyl (C=O) groups is 4. The number of ether oxygens (including phenoxy) is 1. The molecule has 262 valence electrons. The van der Waals surface area contributed by atoms with Gasteiger partial charge in [-0.15, -0.1) is 0 Å². The summed E-state index contributed by atoms with van der Waals surface area (Å²) < 4.78 is 5.48. The van der Waals surface area contributed by atoms with E-state index in [9.17, 15) is 24.3 Å². The maximum atomic E-state index is 13.4. The second-order valence-electron chi connectivity index (χ2n) is 12.4. The number of aryl methyl sites for hydroxylation is 1. The van der Waals surface area contributed by atoms with Crippen LogP contribution in [-0.2, 0) is 16.0 Å². The van der Waals surface area contributed by atoms with Crippen LogP contribution in [0, 0.1) is 12.8 Å². The van der Waals surface area contributed by atoms with E-state index < -0.39 is 12.0 Å². The number of nitrogens with one attached hydrogen (secondary N) is 3. The molecule has 5 amide bonds. The molecule has 1 heterocycles. The highest BCUT2D eigenvalue weighted by molar-refractivity contribution is 6.01. The maximum Gasteiger partial charge on any atom is 0.323 e. The van der Waals surface area contributed by atoms with Crippen molar-refractivity contribution >= 4 is 41.0 Å². The van der Waals surface area contributed by atoms with Gasteiger partial charge in [0, 0.05) is 57.7 Å². The van der Waals surface area contributed by atoms with E-state index in [0.29, 0.717) is 49.7 Å². The number of methoxy groups -OCH3 is 1.